The van der Waals surface area contributed by atoms with E-state index in [1.165, 1.54) is 6.07 Å². The summed E-state index contributed by atoms with van der Waals surface area (Å²) in [6.07, 6.45) is -3.05. The molecule has 1 aromatic heterocycles. The molecule has 0 amide bonds. The summed E-state index contributed by atoms with van der Waals surface area (Å²) in [5.41, 5.74) is -0.167. The number of rotatable bonds is 6. The maximum Gasteiger partial charge on any atom is 0.417 e. The molecule has 0 bridgehead atoms. The van der Waals surface area contributed by atoms with Crippen LogP contribution in [-0.2, 0) is 22.7 Å². The number of hydrogen-bond donors (Lipinski definition) is 2. The lowest BCUT2D eigenvalue weighted by Crippen LogP contribution is -2.35. The number of nitrogens with zero attached hydrogens (tertiary/aromatic N) is 2. The second kappa shape index (κ2) is 8.56. The number of primary sulfonamides is 1. The van der Waals surface area contributed by atoms with Gasteiger partial charge in [0.1, 0.15) is 5.76 Å². The van der Waals surface area contributed by atoms with Gasteiger partial charge in [-0.2, -0.15) is 13.2 Å². The highest BCUT2D eigenvalue weighted by Crippen LogP contribution is 2.35. The van der Waals surface area contributed by atoms with Gasteiger partial charge in [0.05, 0.1) is 22.7 Å². The molecular formula is C19H25F3N4O3S. The fraction of sp³-hybridized carbons (Fsp3) is 0.526. The summed E-state index contributed by atoms with van der Waals surface area (Å²) >= 11 is 0. The number of piperidine rings is 1. The van der Waals surface area contributed by atoms with Crippen molar-refractivity contribution in [2.24, 2.45) is 11.1 Å². The molecule has 3 rings (SSSR count). The average Bonchev–Trinajstić information content (AvgIpc) is 2.96. The Hall–Kier alpha value is -2.11. The molecular weight excluding hydrogens is 421 g/mol. The lowest BCUT2D eigenvalue weighted by molar-refractivity contribution is -0.139. The highest BCUT2D eigenvalue weighted by Gasteiger charge is 2.36. The fourth-order valence-electron chi connectivity index (χ4n) is 3.52. The highest BCUT2D eigenvalue weighted by molar-refractivity contribution is 7.89. The summed E-state index contributed by atoms with van der Waals surface area (Å²) in [5, 5.41) is 7.90. The largest absolute Gasteiger partial charge is 0.444 e. The molecule has 0 aliphatic carbocycles. The Labute approximate surface area is 173 Å². The molecule has 11 heteroatoms. The van der Waals surface area contributed by atoms with Gasteiger partial charge in [0.15, 0.2) is 0 Å². The van der Waals surface area contributed by atoms with Crippen LogP contribution in [0, 0.1) is 19.8 Å². The molecule has 1 aliphatic heterocycles. The molecule has 1 aliphatic rings. The first-order valence-corrected chi connectivity index (χ1v) is 11.1. The van der Waals surface area contributed by atoms with E-state index in [-0.39, 0.29) is 5.69 Å². The average molecular weight is 446 g/mol. The molecule has 7 nitrogen and oxygen atoms in total. The van der Waals surface area contributed by atoms with Gasteiger partial charge < -0.3 is 9.73 Å². The summed E-state index contributed by atoms with van der Waals surface area (Å²) in [5.74, 6) is 1.80. The number of aryl methyl sites for hydroxylation is 2. The predicted molar refractivity (Wildman–Crippen MR) is 105 cm³/mol. The van der Waals surface area contributed by atoms with E-state index in [4.69, 9.17) is 9.56 Å². The third-order valence-electron chi connectivity index (χ3n) is 5.33. The Balaban J connectivity index is 1.56. The first-order valence-electron chi connectivity index (χ1n) is 9.56. The molecule has 2 heterocycles. The van der Waals surface area contributed by atoms with E-state index in [2.05, 4.69) is 15.2 Å². The van der Waals surface area contributed by atoms with Crippen molar-refractivity contribution in [2.45, 2.75) is 44.3 Å². The minimum atomic E-state index is -4.82. The molecule has 166 valence electrons. The van der Waals surface area contributed by atoms with E-state index < -0.39 is 26.7 Å². The maximum absolute atomic E-state index is 13.2. The molecule has 0 spiro atoms. The van der Waals surface area contributed by atoms with E-state index >= 15 is 0 Å². The number of alkyl halides is 3. The normalized spacial score (nSPS) is 16.7. The molecule has 2 aromatic rings. The SMILES string of the molecule is Cc1nc(CN2CCC(CNc3ccc(S(N)(=O)=O)c(C(F)(F)F)c3)CC2)oc1C. The molecule has 0 unspecified atom stereocenters. The van der Waals surface area contributed by atoms with Crippen LogP contribution in [-0.4, -0.2) is 37.9 Å². The van der Waals surface area contributed by atoms with Crippen LogP contribution in [0.5, 0.6) is 0 Å². The Bertz CT molecular complexity index is 977. The molecule has 3 N–H and O–H groups in total. The van der Waals surface area contributed by atoms with E-state index in [9.17, 15) is 21.6 Å². The molecule has 1 saturated heterocycles. The number of nitrogens with two attached hydrogens (primary N) is 1. The van der Waals surface area contributed by atoms with Crippen LogP contribution >= 0.6 is 0 Å². The number of hydrogen-bond acceptors (Lipinski definition) is 6. The van der Waals surface area contributed by atoms with Gasteiger partial charge >= 0.3 is 6.18 Å². The summed E-state index contributed by atoms with van der Waals surface area (Å²) in [6, 6.07) is 2.99. The third kappa shape index (κ3) is 5.52. The lowest BCUT2D eigenvalue weighted by atomic mass is 9.96. The monoisotopic (exact) mass is 446 g/mol. The van der Waals surface area contributed by atoms with Crippen molar-refractivity contribution in [3.05, 3.63) is 41.1 Å². The molecule has 0 radical (unpaired) electrons. The topological polar surface area (TPSA) is 101 Å². The Morgan fingerprint density at radius 3 is 2.47 bits per heavy atom. The van der Waals surface area contributed by atoms with Gasteiger partial charge in [-0.25, -0.2) is 18.5 Å². The third-order valence-corrected chi connectivity index (χ3v) is 6.29. The van der Waals surface area contributed by atoms with Crippen molar-refractivity contribution in [3.8, 4) is 0 Å². The number of nitrogens with one attached hydrogen (secondary N) is 1. The van der Waals surface area contributed by atoms with Crippen molar-refractivity contribution in [2.75, 3.05) is 25.0 Å². The molecule has 30 heavy (non-hydrogen) atoms. The Morgan fingerprint density at radius 2 is 1.93 bits per heavy atom. The van der Waals surface area contributed by atoms with Gasteiger partial charge in [-0.1, -0.05) is 0 Å². The zero-order valence-electron chi connectivity index (χ0n) is 16.8. The quantitative estimate of drug-likeness (QED) is 0.706. The molecule has 0 saturated carbocycles. The van der Waals surface area contributed by atoms with Gasteiger partial charge in [0.25, 0.3) is 0 Å². The fourth-order valence-corrected chi connectivity index (χ4v) is 4.26. The second-order valence-electron chi connectivity index (χ2n) is 7.60. The molecule has 1 aromatic carbocycles. The minimum Gasteiger partial charge on any atom is -0.444 e. The van der Waals surface area contributed by atoms with Crippen molar-refractivity contribution < 1.29 is 26.0 Å². The van der Waals surface area contributed by atoms with Crippen molar-refractivity contribution >= 4 is 15.7 Å². The first-order chi connectivity index (χ1) is 13.9. The number of halogens is 3. The number of oxazole rings is 1. The maximum atomic E-state index is 13.2. The van der Waals surface area contributed by atoms with Gasteiger partial charge in [-0.15, -0.1) is 0 Å². The van der Waals surface area contributed by atoms with E-state index in [1.807, 2.05) is 13.8 Å². The Kier molecular flexibility index (Phi) is 6.44. The Morgan fingerprint density at radius 1 is 1.27 bits per heavy atom. The number of likely N-dealkylation sites (tertiary alicyclic amines) is 1. The van der Waals surface area contributed by atoms with Crippen molar-refractivity contribution in [1.82, 2.24) is 9.88 Å². The van der Waals surface area contributed by atoms with Crippen LogP contribution in [0.25, 0.3) is 0 Å². The van der Waals surface area contributed by atoms with Crippen LogP contribution in [0.4, 0.5) is 18.9 Å². The zero-order chi connectivity index (χ0) is 22.1. The van der Waals surface area contributed by atoms with Crippen LogP contribution in [0.2, 0.25) is 0 Å². The number of aromatic nitrogens is 1. The standard InChI is InChI=1S/C19H25F3N4O3S/c1-12-13(2)29-18(25-12)11-26-7-5-14(6-8-26)10-24-15-3-4-17(30(23,27)28)16(9-15)19(20,21)22/h3-4,9,14,24H,5-8,10-11H2,1-2H3,(H2,23,27,28). The second-order valence-corrected chi connectivity index (χ2v) is 9.13. The van der Waals surface area contributed by atoms with Crippen LogP contribution in [0.3, 0.4) is 0 Å². The summed E-state index contributed by atoms with van der Waals surface area (Å²) in [7, 11) is -4.47. The number of anilines is 1. The minimum absolute atomic E-state index is 0.211. The van der Waals surface area contributed by atoms with E-state index in [0.717, 1.165) is 49.5 Å². The van der Waals surface area contributed by atoms with Crippen molar-refractivity contribution in [3.63, 3.8) is 0 Å². The van der Waals surface area contributed by atoms with Gasteiger partial charge in [-0.3, -0.25) is 4.90 Å². The van der Waals surface area contributed by atoms with Gasteiger partial charge in [-0.05, 0) is 63.9 Å². The van der Waals surface area contributed by atoms with E-state index in [1.54, 1.807) is 0 Å². The summed E-state index contributed by atoms with van der Waals surface area (Å²) in [4.78, 5) is 5.70. The smallest absolute Gasteiger partial charge is 0.417 e. The van der Waals surface area contributed by atoms with Crippen LogP contribution < -0.4 is 10.5 Å². The number of sulfonamides is 1. The first kappa shape index (κ1) is 22.6. The van der Waals surface area contributed by atoms with Gasteiger partial charge in [0, 0.05) is 12.2 Å². The van der Waals surface area contributed by atoms with Crippen LogP contribution in [0.1, 0.15) is 35.7 Å². The predicted octanol–water partition coefficient (Wildman–Crippen LogP) is 3.28. The molecule has 0 atom stereocenters. The zero-order valence-corrected chi connectivity index (χ0v) is 17.6. The highest BCUT2D eigenvalue weighted by atomic mass is 32.2. The van der Waals surface area contributed by atoms with Crippen molar-refractivity contribution in [1.29, 1.82) is 0 Å². The summed E-state index contributed by atoms with van der Waals surface area (Å²) < 4.78 is 68.2. The van der Waals surface area contributed by atoms with Gasteiger partial charge in [0.2, 0.25) is 15.9 Å². The number of benzene rings is 1. The van der Waals surface area contributed by atoms with E-state index in [0.29, 0.717) is 24.9 Å². The lowest BCUT2D eigenvalue weighted by Gasteiger charge is -2.31. The summed E-state index contributed by atoms with van der Waals surface area (Å²) in [6.45, 7) is 6.59. The molecule has 1 fully saturated rings. The van der Waals surface area contributed by atoms with Crippen LogP contribution in [0.15, 0.2) is 27.5 Å².